The second kappa shape index (κ2) is 6.65. The summed E-state index contributed by atoms with van der Waals surface area (Å²) in [6, 6.07) is 10.5. The van der Waals surface area contributed by atoms with E-state index in [1.54, 1.807) is 0 Å². The van der Waals surface area contributed by atoms with E-state index in [1.807, 2.05) is 18.5 Å². The fourth-order valence-corrected chi connectivity index (χ4v) is 3.43. The number of aromatic nitrogens is 3. The summed E-state index contributed by atoms with van der Waals surface area (Å²) >= 11 is 0. The molecule has 122 valence electrons. The van der Waals surface area contributed by atoms with Gasteiger partial charge in [-0.25, -0.2) is 9.97 Å². The largest absolute Gasteiger partial charge is 0.294 e. The van der Waals surface area contributed by atoms with Gasteiger partial charge >= 0.3 is 0 Å². The molecular weight excluding hydrogens is 296 g/mol. The zero-order valence-corrected chi connectivity index (χ0v) is 14.1. The van der Waals surface area contributed by atoms with Crippen LogP contribution in [0.3, 0.4) is 0 Å². The van der Waals surface area contributed by atoms with Crippen molar-refractivity contribution < 1.29 is 0 Å². The molecule has 3 heterocycles. The van der Waals surface area contributed by atoms with Gasteiger partial charge in [0.15, 0.2) is 0 Å². The number of aryl methyl sites for hydroxylation is 1. The second-order valence-corrected chi connectivity index (χ2v) is 6.46. The lowest BCUT2D eigenvalue weighted by atomic mass is 10.0. The van der Waals surface area contributed by atoms with Crippen LogP contribution < -0.4 is 0 Å². The fourth-order valence-electron chi connectivity index (χ4n) is 3.43. The number of hydrogen-bond acceptors (Lipinski definition) is 4. The molecule has 4 nitrogen and oxygen atoms in total. The maximum absolute atomic E-state index is 4.75. The molecule has 0 fully saturated rings. The molecule has 1 aromatic carbocycles. The normalized spacial score (nSPS) is 14.7. The Bertz CT molecular complexity index is 854. The van der Waals surface area contributed by atoms with Gasteiger partial charge in [-0.2, -0.15) is 0 Å². The highest BCUT2D eigenvalue weighted by atomic mass is 15.1. The Morgan fingerprint density at radius 2 is 2.04 bits per heavy atom. The summed E-state index contributed by atoms with van der Waals surface area (Å²) < 4.78 is 0. The Morgan fingerprint density at radius 3 is 2.96 bits per heavy atom. The van der Waals surface area contributed by atoms with Crippen LogP contribution in [0.15, 0.2) is 42.7 Å². The van der Waals surface area contributed by atoms with Crippen molar-refractivity contribution >= 4 is 10.9 Å². The summed E-state index contributed by atoms with van der Waals surface area (Å²) in [5.74, 6) is 0.991. The molecule has 24 heavy (non-hydrogen) atoms. The van der Waals surface area contributed by atoms with Crippen LogP contribution >= 0.6 is 0 Å². The van der Waals surface area contributed by atoms with Crippen molar-refractivity contribution in [3.63, 3.8) is 0 Å². The fraction of sp³-hybridized carbons (Fsp3) is 0.350. The van der Waals surface area contributed by atoms with E-state index in [4.69, 9.17) is 4.98 Å². The van der Waals surface area contributed by atoms with Gasteiger partial charge in [-0.15, -0.1) is 0 Å². The molecule has 0 saturated heterocycles. The molecule has 0 amide bonds. The van der Waals surface area contributed by atoms with E-state index in [0.717, 1.165) is 50.2 Å². The molecule has 0 aliphatic carbocycles. The summed E-state index contributed by atoms with van der Waals surface area (Å²) in [6.07, 6.45) is 7.03. The molecule has 1 aliphatic rings. The van der Waals surface area contributed by atoms with Crippen molar-refractivity contribution in [1.82, 2.24) is 19.9 Å². The van der Waals surface area contributed by atoms with Crippen molar-refractivity contribution in [1.29, 1.82) is 0 Å². The van der Waals surface area contributed by atoms with E-state index in [1.165, 1.54) is 22.2 Å². The highest BCUT2D eigenvalue weighted by Crippen LogP contribution is 2.22. The van der Waals surface area contributed by atoms with Gasteiger partial charge in [0, 0.05) is 61.5 Å². The van der Waals surface area contributed by atoms with Crippen molar-refractivity contribution in [2.24, 2.45) is 0 Å². The number of rotatable bonds is 4. The minimum absolute atomic E-state index is 0.929. The van der Waals surface area contributed by atoms with Crippen molar-refractivity contribution in [3.05, 3.63) is 65.4 Å². The predicted molar refractivity (Wildman–Crippen MR) is 95.6 cm³/mol. The van der Waals surface area contributed by atoms with Gasteiger partial charge in [-0.05, 0) is 24.1 Å². The third-order valence-electron chi connectivity index (χ3n) is 4.67. The maximum Gasteiger partial charge on any atom is 0.128 e. The average Bonchev–Trinajstić information content (AvgIpc) is 2.62. The van der Waals surface area contributed by atoms with Gasteiger partial charge in [0.1, 0.15) is 5.82 Å². The molecule has 4 rings (SSSR count). The highest BCUT2D eigenvalue weighted by molar-refractivity contribution is 5.81. The van der Waals surface area contributed by atoms with Crippen LogP contribution in [0, 0.1) is 0 Å². The Morgan fingerprint density at radius 1 is 1.12 bits per heavy atom. The average molecular weight is 318 g/mol. The number of fused-ring (bicyclic) bond motifs is 2. The molecular formula is C20H22N4. The Balaban J connectivity index is 1.54. The van der Waals surface area contributed by atoms with Crippen molar-refractivity contribution in [2.45, 2.75) is 39.3 Å². The van der Waals surface area contributed by atoms with Crippen LogP contribution in [0.1, 0.15) is 36.0 Å². The number of benzene rings is 1. The van der Waals surface area contributed by atoms with Gasteiger partial charge in [0.2, 0.25) is 0 Å². The lowest BCUT2D eigenvalue weighted by Gasteiger charge is -2.28. The van der Waals surface area contributed by atoms with E-state index < -0.39 is 0 Å². The van der Waals surface area contributed by atoms with Gasteiger partial charge in [0.05, 0.1) is 5.52 Å². The SMILES string of the molecule is CCCc1ncc2c(n1)CCN(Cc1ccnc3ccccc13)C2. The molecule has 4 heteroatoms. The second-order valence-electron chi connectivity index (χ2n) is 6.46. The highest BCUT2D eigenvalue weighted by Gasteiger charge is 2.19. The number of nitrogens with zero attached hydrogens (tertiary/aromatic N) is 4. The lowest BCUT2D eigenvalue weighted by Crippen LogP contribution is -2.31. The first-order valence-corrected chi connectivity index (χ1v) is 8.72. The molecule has 3 aromatic rings. The number of hydrogen-bond donors (Lipinski definition) is 0. The summed E-state index contributed by atoms with van der Waals surface area (Å²) in [7, 11) is 0. The zero-order chi connectivity index (χ0) is 16.4. The van der Waals surface area contributed by atoms with E-state index >= 15 is 0 Å². The molecule has 0 atom stereocenters. The first-order chi connectivity index (χ1) is 11.8. The minimum atomic E-state index is 0.929. The first kappa shape index (κ1) is 15.2. The van der Waals surface area contributed by atoms with Crippen LogP contribution in [0.5, 0.6) is 0 Å². The standard InChI is InChI=1S/C20H22N4/c1-2-5-20-22-12-16-14-24(11-9-18(16)23-20)13-15-8-10-21-19-7-4-3-6-17(15)19/h3-4,6-8,10,12H,2,5,9,11,13-14H2,1H3. The summed E-state index contributed by atoms with van der Waals surface area (Å²) in [5.41, 5.74) is 4.93. The van der Waals surface area contributed by atoms with Crippen LogP contribution in [0.25, 0.3) is 10.9 Å². The molecule has 0 spiro atoms. The van der Waals surface area contributed by atoms with Crippen molar-refractivity contribution in [3.8, 4) is 0 Å². The van der Waals surface area contributed by atoms with Gasteiger partial charge in [0.25, 0.3) is 0 Å². The van der Waals surface area contributed by atoms with Crippen LogP contribution in [-0.2, 0) is 25.9 Å². The van der Waals surface area contributed by atoms with Crippen molar-refractivity contribution in [2.75, 3.05) is 6.54 Å². The monoisotopic (exact) mass is 318 g/mol. The van der Waals surface area contributed by atoms with Crippen LogP contribution in [0.2, 0.25) is 0 Å². The Labute approximate surface area is 142 Å². The Hall–Kier alpha value is -2.33. The molecule has 1 aliphatic heterocycles. The third kappa shape index (κ3) is 3.02. The minimum Gasteiger partial charge on any atom is -0.294 e. The third-order valence-corrected chi connectivity index (χ3v) is 4.67. The summed E-state index contributed by atoms with van der Waals surface area (Å²) in [4.78, 5) is 16.2. The Kier molecular flexibility index (Phi) is 4.22. The van der Waals surface area contributed by atoms with E-state index in [-0.39, 0.29) is 0 Å². The van der Waals surface area contributed by atoms with E-state index in [2.05, 4.69) is 46.1 Å². The first-order valence-electron chi connectivity index (χ1n) is 8.72. The number of para-hydroxylation sites is 1. The molecule has 0 N–H and O–H groups in total. The topological polar surface area (TPSA) is 41.9 Å². The van der Waals surface area contributed by atoms with Gasteiger partial charge in [-0.3, -0.25) is 9.88 Å². The lowest BCUT2D eigenvalue weighted by molar-refractivity contribution is 0.243. The smallest absolute Gasteiger partial charge is 0.128 e. The summed E-state index contributed by atoms with van der Waals surface area (Å²) in [5, 5.41) is 1.25. The molecule has 0 radical (unpaired) electrons. The quantitative estimate of drug-likeness (QED) is 0.738. The van der Waals surface area contributed by atoms with E-state index in [9.17, 15) is 0 Å². The predicted octanol–water partition coefficient (Wildman–Crippen LogP) is 3.54. The molecule has 0 saturated carbocycles. The molecule has 2 aromatic heterocycles. The molecule has 0 unspecified atom stereocenters. The van der Waals surface area contributed by atoms with Crippen LogP contribution in [0.4, 0.5) is 0 Å². The van der Waals surface area contributed by atoms with Gasteiger partial charge < -0.3 is 0 Å². The number of pyridine rings is 1. The zero-order valence-electron chi connectivity index (χ0n) is 14.1. The maximum atomic E-state index is 4.75. The van der Waals surface area contributed by atoms with E-state index in [0.29, 0.717) is 0 Å². The van der Waals surface area contributed by atoms with Gasteiger partial charge in [-0.1, -0.05) is 25.1 Å². The molecule has 0 bridgehead atoms. The summed E-state index contributed by atoms with van der Waals surface area (Å²) in [6.45, 7) is 5.09. The van der Waals surface area contributed by atoms with Crippen LogP contribution in [-0.4, -0.2) is 26.4 Å².